The molecule has 0 aliphatic carbocycles. The van der Waals surface area contributed by atoms with Gasteiger partial charge in [0.2, 0.25) is 0 Å². The van der Waals surface area contributed by atoms with Crippen molar-refractivity contribution < 1.29 is 9.84 Å². The van der Waals surface area contributed by atoms with Gasteiger partial charge in [-0.2, -0.15) is 0 Å². The van der Waals surface area contributed by atoms with Gasteiger partial charge >= 0.3 is 0 Å². The van der Waals surface area contributed by atoms with Crippen LogP contribution in [0.25, 0.3) is 0 Å². The number of hydrogen-bond donors (Lipinski definition) is 1. The van der Waals surface area contributed by atoms with Crippen LogP contribution in [0.4, 0.5) is 0 Å². The summed E-state index contributed by atoms with van der Waals surface area (Å²) in [4.78, 5) is 0. The third-order valence-electron chi connectivity index (χ3n) is 2.75. The lowest BCUT2D eigenvalue weighted by Crippen LogP contribution is -2.80. The Kier molecular flexibility index (Phi) is 3.37. The van der Waals surface area contributed by atoms with E-state index < -0.39 is 0 Å². The summed E-state index contributed by atoms with van der Waals surface area (Å²) in [6.45, 7) is 5.87. The SMILES string of the molecule is Cc1noc(C)c1C[NH2+]Cc1ccccc1. The van der Waals surface area contributed by atoms with E-state index in [1.165, 1.54) is 11.1 Å². The van der Waals surface area contributed by atoms with Gasteiger partial charge in [-0.25, -0.2) is 0 Å². The van der Waals surface area contributed by atoms with Crippen LogP contribution in [-0.2, 0) is 13.1 Å². The highest BCUT2D eigenvalue weighted by Crippen LogP contribution is 2.09. The number of hydrogen-bond acceptors (Lipinski definition) is 2. The van der Waals surface area contributed by atoms with Gasteiger partial charge in [-0.05, 0) is 13.8 Å². The van der Waals surface area contributed by atoms with E-state index in [-0.39, 0.29) is 0 Å². The maximum Gasteiger partial charge on any atom is 0.142 e. The normalized spacial score (nSPS) is 10.6. The lowest BCUT2D eigenvalue weighted by Gasteiger charge is -2.01. The quantitative estimate of drug-likeness (QED) is 0.844. The molecule has 0 spiro atoms. The average Bonchev–Trinajstić information content (AvgIpc) is 2.62. The molecule has 1 aromatic heterocycles. The number of benzene rings is 1. The van der Waals surface area contributed by atoms with E-state index in [2.05, 4.69) is 34.7 Å². The van der Waals surface area contributed by atoms with Crippen LogP contribution in [0.5, 0.6) is 0 Å². The molecule has 1 aromatic carbocycles. The van der Waals surface area contributed by atoms with Crippen LogP contribution in [0.1, 0.15) is 22.6 Å². The van der Waals surface area contributed by atoms with Gasteiger partial charge in [-0.1, -0.05) is 35.5 Å². The van der Waals surface area contributed by atoms with E-state index in [1.54, 1.807) is 0 Å². The van der Waals surface area contributed by atoms with E-state index >= 15 is 0 Å². The van der Waals surface area contributed by atoms with Gasteiger partial charge in [-0.15, -0.1) is 0 Å². The maximum atomic E-state index is 5.13. The van der Waals surface area contributed by atoms with Crippen LogP contribution in [-0.4, -0.2) is 5.16 Å². The zero-order valence-corrected chi connectivity index (χ0v) is 9.73. The monoisotopic (exact) mass is 217 g/mol. The van der Waals surface area contributed by atoms with Crippen LogP contribution >= 0.6 is 0 Å². The molecule has 0 saturated heterocycles. The molecule has 2 rings (SSSR count). The summed E-state index contributed by atoms with van der Waals surface area (Å²) in [5.41, 5.74) is 3.56. The van der Waals surface area contributed by atoms with Crippen LogP contribution in [0.3, 0.4) is 0 Å². The molecule has 0 saturated carbocycles. The first-order valence-electron chi connectivity index (χ1n) is 5.54. The molecule has 3 heteroatoms. The first kappa shape index (κ1) is 10.9. The molecule has 2 aromatic rings. The Hall–Kier alpha value is -1.61. The summed E-state index contributed by atoms with van der Waals surface area (Å²) in [6.07, 6.45) is 0. The van der Waals surface area contributed by atoms with Crippen molar-refractivity contribution in [2.24, 2.45) is 0 Å². The van der Waals surface area contributed by atoms with Crippen molar-refractivity contribution in [1.29, 1.82) is 0 Å². The molecule has 0 atom stereocenters. The number of aryl methyl sites for hydroxylation is 2. The minimum atomic E-state index is 0.927. The van der Waals surface area contributed by atoms with Crippen LogP contribution in [0.2, 0.25) is 0 Å². The van der Waals surface area contributed by atoms with Gasteiger partial charge < -0.3 is 9.84 Å². The Morgan fingerprint density at radius 3 is 2.50 bits per heavy atom. The second-order valence-corrected chi connectivity index (χ2v) is 3.99. The fourth-order valence-electron chi connectivity index (χ4n) is 1.79. The van der Waals surface area contributed by atoms with Crippen molar-refractivity contribution in [1.82, 2.24) is 5.16 Å². The van der Waals surface area contributed by atoms with Gasteiger partial charge in [0.25, 0.3) is 0 Å². The third kappa shape index (κ3) is 2.49. The Morgan fingerprint density at radius 1 is 1.12 bits per heavy atom. The maximum absolute atomic E-state index is 5.13. The van der Waals surface area contributed by atoms with Gasteiger partial charge in [0.15, 0.2) is 0 Å². The van der Waals surface area contributed by atoms with E-state index in [0.717, 1.165) is 24.5 Å². The first-order valence-corrected chi connectivity index (χ1v) is 5.54. The molecule has 2 N–H and O–H groups in total. The average molecular weight is 217 g/mol. The number of quaternary nitrogens is 1. The summed E-state index contributed by atoms with van der Waals surface area (Å²) >= 11 is 0. The van der Waals surface area contributed by atoms with Crippen LogP contribution in [0, 0.1) is 13.8 Å². The standard InChI is InChI=1S/C13H16N2O/c1-10-13(11(2)16-15-10)9-14-8-12-6-4-3-5-7-12/h3-7,14H,8-9H2,1-2H3/p+1. The Balaban J connectivity index is 1.89. The van der Waals surface area contributed by atoms with Crippen molar-refractivity contribution in [3.8, 4) is 0 Å². The van der Waals surface area contributed by atoms with E-state index in [9.17, 15) is 0 Å². The molecule has 16 heavy (non-hydrogen) atoms. The fourth-order valence-corrected chi connectivity index (χ4v) is 1.79. The second kappa shape index (κ2) is 4.94. The molecule has 0 aliphatic heterocycles. The largest absolute Gasteiger partial charge is 0.361 e. The predicted octanol–water partition coefficient (Wildman–Crippen LogP) is 1.56. The smallest absolute Gasteiger partial charge is 0.142 e. The molecule has 0 bridgehead atoms. The zero-order chi connectivity index (χ0) is 11.4. The summed E-state index contributed by atoms with van der Waals surface area (Å²) in [5.74, 6) is 0.932. The van der Waals surface area contributed by atoms with E-state index in [0.29, 0.717) is 0 Å². The van der Waals surface area contributed by atoms with Crippen molar-refractivity contribution in [2.75, 3.05) is 0 Å². The fraction of sp³-hybridized carbons (Fsp3) is 0.308. The minimum Gasteiger partial charge on any atom is -0.361 e. The molecular formula is C13H17N2O+. The van der Waals surface area contributed by atoms with Crippen LogP contribution < -0.4 is 5.32 Å². The minimum absolute atomic E-state index is 0.927. The predicted molar refractivity (Wildman–Crippen MR) is 61.8 cm³/mol. The van der Waals surface area contributed by atoms with E-state index in [1.807, 2.05) is 19.9 Å². The second-order valence-electron chi connectivity index (χ2n) is 3.99. The molecule has 0 fully saturated rings. The molecule has 0 aliphatic rings. The number of aromatic nitrogens is 1. The highest BCUT2D eigenvalue weighted by atomic mass is 16.5. The van der Waals surface area contributed by atoms with Crippen molar-refractivity contribution in [3.05, 3.63) is 52.9 Å². The molecule has 84 valence electrons. The highest BCUT2D eigenvalue weighted by Gasteiger charge is 2.09. The number of nitrogens with zero attached hydrogens (tertiary/aromatic N) is 1. The number of nitrogens with two attached hydrogens (primary N) is 1. The van der Waals surface area contributed by atoms with Gasteiger partial charge in [0.1, 0.15) is 18.8 Å². The molecular weight excluding hydrogens is 200 g/mol. The van der Waals surface area contributed by atoms with Gasteiger partial charge in [0, 0.05) is 5.56 Å². The topological polar surface area (TPSA) is 42.6 Å². The first-order chi connectivity index (χ1) is 7.77. The summed E-state index contributed by atoms with van der Waals surface area (Å²) in [6, 6.07) is 10.5. The Morgan fingerprint density at radius 2 is 1.88 bits per heavy atom. The molecule has 3 nitrogen and oxygen atoms in total. The lowest BCUT2D eigenvalue weighted by molar-refractivity contribution is -0.686. The molecule has 1 heterocycles. The summed E-state index contributed by atoms with van der Waals surface area (Å²) in [7, 11) is 0. The zero-order valence-electron chi connectivity index (χ0n) is 9.73. The third-order valence-corrected chi connectivity index (χ3v) is 2.75. The van der Waals surface area contributed by atoms with Crippen molar-refractivity contribution in [3.63, 3.8) is 0 Å². The Bertz CT molecular complexity index is 429. The van der Waals surface area contributed by atoms with Crippen molar-refractivity contribution >= 4 is 0 Å². The van der Waals surface area contributed by atoms with Gasteiger partial charge in [0.05, 0.1) is 11.3 Å². The van der Waals surface area contributed by atoms with Gasteiger partial charge in [-0.3, -0.25) is 0 Å². The van der Waals surface area contributed by atoms with Crippen LogP contribution in [0.15, 0.2) is 34.9 Å². The summed E-state index contributed by atoms with van der Waals surface area (Å²) in [5, 5.41) is 6.21. The molecule has 0 unspecified atom stereocenters. The van der Waals surface area contributed by atoms with E-state index in [4.69, 9.17) is 4.52 Å². The number of rotatable bonds is 4. The lowest BCUT2D eigenvalue weighted by atomic mass is 10.2. The molecule has 0 radical (unpaired) electrons. The highest BCUT2D eigenvalue weighted by molar-refractivity contribution is 5.19. The van der Waals surface area contributed by atoms with Crippen molar-refractivity contribution in [2.45, 2.75) is 26.9 Å². The Labute approximate surface area is 95.5 Å². The molecule has 0 amide bonds. The summed E-state index contributed by atoms with van der Waals surface area (Å²) < 4.78 is 5.13.